The zero-order valence-corrected chi connectivity index (χ0v) is 11.4. The first kappa shape index (κ1) is 11.9. The van der Waals surface area contributed by atoms with E-state index in [1.807, 2.05) is 0 Å². The Morgan fingerprint density at radius 2 is 2.06 bits per heavy atom. The van der Waals surface area contributed by atoms with E-state index in [-0.39, 0.29) is 0 Å². The van der Waals surface area contributed by atoms with Crippen LogP contribution in [0.4, 0.5) is 5.82 Å². The Labute approximate surface area is 109 Å². The van der Waals surface area contributed by atoms with Crippen LogP contribution >= 0.6 is 0 Å². The molecule has 0 amide bonds. The summed E-state index contributed by atoms with van der Waals surface area (Å²) >= 11 is 0. The molecule has 0 unspecified atom stereocenters. The van der Waals surface area contributed by atoms with Crippen LogP contribution in [0.3, 0.4) is 0 Å². The summed E-state index contributed by atoms with van der Waals surface area (Å²) in [7, 11) is 4.37. The summed E-state index contributed by atoms with van der Waals surface area (Å²) in [6.45, 7) is 1.00. The second-order valence-electron chi connectivity index (χ2n) is 5.83. The molecule has 0 radical (unpaired) electrons. The van der Waals surface area contributed by atoms with Crippen LogP contribution in [0, 0.1) is 0 Å². The number of aromatic nitrogens is 2. The molecule has 4 heteroatoms. The summed E-state index contributed by atoms with van der Waals surface area (Å²) in [4.78, 5) is 11.2. The topological polar surface area (TPSA) is 41.0 Å². The van der Waals surface area contributed by atoms with Crippen molar-refractivity contribution in [3.05, 3.63) is 17.6 Å². The molecule has 0 aromatic carbocycles. The third kappa shape index (κ3) is 1.88. The molecule has 1 N–H and O–H groups in total. The maximum absolute atomic E-state index is 4.43. The van der Waals surface area contributed by atoms with Crippen LogP contribution in [0.5, 0.6) is 0 Å². The lowest BCUT2D eigenvalue weighted by Gasteiger charge is -2.47. The molecule has 1 heterocycles. The number of nitrogens with one attached hydrogen (secondary N) is 1. The van der Waals surface area contributed by atoms with Gasteiger partial charge < -0.3 is 10.2 Å². The van der Waals surface area contributed by atoms with Crippen molar-refractivity contribution in [1.29, 1.82) is 0 Å². The van der Waals surface area contributed by atoms with Gasteiger partial charge in [0.2, 0.25) is 0 Å². The third-order valence-electron chi connectivity index (χ3n) is 4.69. The monoisotopic (exact) mass is 246 g/mol. The smallest absolute Gasteiger partial charge is 0.132 e. The van der Waals surface area contributed by atoms with Gasteiger partial charge >= 0.3 is 0 Å². The van der Waals surface area contributed by atoms with Gasteiger partial charge in [0.1, 0.15) is 12.1 Å². The van der Waals surface area contributed by atoms with Crippen LogP contribution < -0.4 is 5.32 Å². The molecule has 2 aliphatic carbocycles. The minimum atomic E-state index is 0.344. The van der Waals surface area contributed by atoms with E-state index in [0.29, 0.717) is 5.54 Å². The molecule has 1 aromatic rings. The van der Waals surface area contributed by atoms with Crippen molar-refractivity contribution < 1.29 is 0 Å². The van der Waals surface area contributed by atoms with Crippen LogP contribution in [0.1, 0.15) is 36.9 Å². The minimum Gasteiger partial charge on any atom is -0.368 e. The number of nitrogens with zero attached hydrogens (tertiary/aromatic N) is 3. The summed E-state index contributed by atoms with van der Waals surface area (Å²) < 4.78 is 0. The highest BCUT2D eigenvalue weighted by Gasteiger charge is 2.39. The van der Waals surface area contributed by atoms with Gasteiger partial charge in [-0.25, -0.2) is 9.97 Å². The lowest BCUT2D eigenvalue weighted by Crippen LogP contribution is -2.54. The Morgan fingerprint density at radius 3 is 2.72 bits per heavy atom. The van der Waals surface area contributed by atoms with Crippen LogP contribution in [0.2, 0.25) is 0 Å². The first-order valence-electron chi connectivity index (χ1n) is 6.95. The summed E-state index contributed by atoms with van der Waals surface area (Å²) in [6.07, 6.45) is 9.11. The predicted octanol–water partition coefficient (Wildman–Crippen LogP) is 1.86. The molecule has 0 bridgehead atoms. The normalized spacial score (nSPS) is 20.6. The second-order valence-corrected chi connectivity index (χ2v) is 5.83. The van der Waals surface area contributed by atoms with Crippen molar-refractivity contribution in [2.24, 2.45) is 0 Å². The van der Waals surface area contributed by atoms with Gasteiger partial charge in [0.25, 0.3) is 0 Å². The highest BCUT2D eigenvalue weighted by molar-refractivity contribution is 5.48. The molecule has 0 atom stereocenters. The molecule has 3 rings (SSSR count). The Bertz CT molecular complexity index is 437. The Morgan fingerprint density at radius 1 is 1.22 bits per heavy atom. The molecule has 4 nitrogen and oxygen atoms in total. The van der Waals surface area contributed by atoms with Gasteiger partial charge in [0, 0.05) is 23.3 Å². The van der Waals surface area contributed by atoms with Gasteiger partial charge in [-0.15, -0.1) is 0 Å². The third-order valence-corrected chi connectivity index (χ3v) is 4.69. The SMILES string of the molecule is CN(C)C1(CNc2ncnc3c2CCC3)CCC1. The molecular weight excluding hydrogens is 224 g/mol. The van der Waals surface area contributed by atoms with Gasteiger partial charge in [-0.3, -0.25) is 0 Å². The fraction of sp³-hybridized carbons (Fsp3) is 0.714. The van der Waals surface area contributed by atoms with E-state index in [2.05, 4.69) is 34.3 Å². The van der Waals surface area contributed by atoms with Gasteiger partial charge in [0.05, 0.1) is 0 Å². The molecule has 0 saturated heterocycles. The van der Waals surface area contributed by atoms with Gasteiger partial charge in [-0.1, -0.05) is 0 Å². The molecule has 2 aliphatic rings. The first-order chi connectivity index (χ1) is 8.71. The average Bonchev–Trinajstić information content (AvgIpc) is 2.75. The minimum absolute atomic E-state index is 0.344. The molecule has 98 valence electrons. The van der Waals surface area contributed by atoms with Gasteiger partial charge in [-0.05, 0) is 52.6 Å². The van der Waals surface area contributed by atoms with E-state index in [1.54, 1.807) is 6.33 Å². The van der Waals surface area contributed by atoms with E-state index in [0.717, 1.165) is 25.2 Å². The molecule has 0 aliphatic heterocycles. The zero-order chi connectivity index (χ0) is 12.6. The fourth-order valence-corrected chi connectivity index (χ4v) is 3.13. The van der Waals surface area contributed by atoms with Crippen molar-refractivity contribution >= 4 is 5.82 Å². The first-order valence-corrected chi connectivity index (χ1v) is 6.95. The fourth-order valence-electron chi connectivity index (χ4n) is 3.13. The highest BCUT2D eigenvalue weighted by atomic mass is 15.2. The van der Waals surface area contributed by atoms with Crippen LogP contribution in [0.15, 0.2) is 6.33 Å². The molecule has 1 aromatic heterocycles. The maximum atomic E-state index is 4.43. The van der Waals surface area contributed by atoms with Crippen LogP contribution in [-0.4, -0.2) is 41.0 Å². The van der Waals surface area contributed by atoms with E-state index in [4.69, 9.17) is 0 Å². The van der Waals surface area contributed by atoms with E-state index >= 15 is 0 Å². The molecule has 1 fully saturated rings. The maximum Gasteiger partial charge on any atom is 0.132 e. The Balaban J connectivity index is 1.72. The summed E-state index contributed by atoms with van der Waals surface area (Å²) in [5.41, 5.74) is 2.95. The Hall–Kier alpha value is -1.16. The number of likely N-dealkylation sites (N-methyl/N-ethyl adjacent to an activating group) is 1. The molecular formula is C14H22N4. The highest BCUT2D eigenvalue weighted by Crippen LogP contribution is 2.36. The van der Waals surface area contributed by atoms with Crippen LogP contribution in [0.25, 0.3) is 0 Å². The summed E-state index contributed by atoms with van der Waals surface area (Å²) in [6, 6.07) is 0. The van der Waals surface area contributed by atoms with E-state index in [9.17, 15) is 0 Å². The number of hydrogen-bond acceptors (Lipinski definition) is 4. The number of fused-ring (bicyclic) bond motifs is 1. The standard InChI is InChI=1S/C14H22N4/c1-18(2)14(7-4-8-14)9-15-13-11-5-3-6-12(11)16-10-17-13/h10H,3-9H2,1-2H3,(H,15,16,17). The number of aryl methyl sites for hydroxylation is 1. The molecule has 18 heavy (non-hydrogen) atoms. The quantitative estimate of drug-likeness (QED) is 0.880. The number of rotatable bonds is 4. The predicted molar refractivity (Wildman–Crippen MR) is 72.8 cm³/mol. The lowest BCUT2D eigenvalue weighted by molar-refractivity contribution is 0.0738. The average molecular weight is 246 g/mol. The summed E-state index contributed by atoms with van der Waals surface area (Å²) in [5.74, 6) is 1.07. The lowest BCUT2D eigenvalue weighted by atomic mass is 9.75. The Kier molecular flexibility index (Phi) is 2.98. The second kappa shape index (κ2) is 4.50. The van der Waals surface area contributed by atoms with Crippen molar-refractivity contribution in [1.82, 2.24) is 14.9 Å². The van der Waals surface area contributed by atoms with Crippen molar-refractivity contribution in [3.63, 3.8) is 0 Å². The van der Waals surface area contributed by atoms with Crippen molar-refractivity contribution in [3.8, 4) is 0 Å². The van der Waals surface area contributed by atoms with E-state index < -0.39 is 0 Å². The van der Waals surface area contributed by atoms with Crippen molar-refractivity contribution in [2.75, 3.05) is 26.0 Å². The van der Waals surface area contributed by atoms with E-state index in [1.165, 1.54) is 36.9 Å². The number of hydrogen-bond donors (Lipinski definition) is 1. The van der Waals surface area contributed by atoms with Gasteiger partial charge in [-0.2, -0.15) is 0 Å². The molecule has 1 saturated carbocycles. The van der Waals surface area contributed by atoms with Crippen LogP contribution in [-0.2, 0) is 12.8 Å². The van der Waals surface area contributed by atoms with Crippen molar-refractivity contribution in [2.45, 2.75) is 44.1 Å². The molecule has 0 spiro atoms. The number of anilines is 1. The summed E-state index contributed by atoms with van der Waals surface area (Å²) in [5, 5.41) is 3.58. The largest absolute Gasteiger partial charge is 0.368 e. The zero-order valence-electron chi connectivity index (χ0n) is 11.4. The van der Waals surface area contributed by atoms with Gasteiger partial charge in [0.15, 0.2) is 0 Å².